The van der Waals surface area contributed by atoms with Crippen LogP contribution in [0.3, 0.4) is 0 Å². The molecule has 2 N–H and O–H groups in total. The van der Waals surface area contributed by atoms with Crippen LogP contribution in [0.15, 0.2) is 24.3 Å². The summed E-state index contributed by atoms with van der Waals surface area (Å²) in [4.78, 5) is 25.8. The van der Waals surface area contributed by atoms with Crippen molar-refractivity contribution in [3.8, 4) is 0 Å². The highest BCUT2D eigenvalue weighted by molar-refractivity contribution is 5.96. The molecular weight excluding hydrogens is 278 g/mol. The summed E-state index contributed by atoms with van der Waals surface area (Å²) in [5.41, 5.74) is 1.31. The normalized spacial score (nSPS) is 16.4. The molecule has 1 heterocycles. The Morgan fingerprint density at radius 2 is 1.59 bits per heavy atom. The molecule has 2 rings (SSSR count). The van der Waals surface area contributed by atoms with Gasteiger partial charge in [0.2, 0.25) is 5.91 Å². The lowest BCUT2D eigenvalue weighted by molar-refractivity contribution is -0.117. The average molecular weight is 303 g/mol. The van der Waals surface area contributed by atoms with Crippen molar-refractivity contribution in [1.29, 1.82) is 0 Å². The molecule has 1 aliphatic heterocycles. The predicted molar refractivity (Wildman–Crippen MR) is 88.0 cm³/mol. The van der Waals surface area contributed by atoms with Crippen molar-refractivity contribution in [2.45, 2.75) is 32.1 Å². The molecule has 0 saturated carbocycles. The van der Waals surface area contributed by atoms with Crippen molar-refractivity contribution in [1.82, 2.24) is 10.2 Å². The maximum atomic E-state index is 12.1. The average Bonchev–Trinajstić information content (AvgIpc) is 2.50. The second-order valence-electron chi connectivity index (χ2n) is 5.75. The van der Waals surface area contributed by atoms with E-state index < -0.39 is 0 Å². The third kappa shape index (κ3) is 5.15. The first kappa shape index (κ1) is 16.5. The van der Waals surface area contributed by atoms with Crippen molar-refractivity contribution in [3.05, 3.63) is 29.8 Å². The number of nitrogens with one attached hydrogen (secondary N) is 2. The van der Waals surface area contributed by atoms with E-state index in [1.165, 1.54) is 32.1 Å². The SMILES string of the molecule is CNC(=O)c1ccc(NC(=O)CN2CCCCCCC2)cc1. The number of nitrogens with zero attached hydrogens (tertiary/aromatic N) is 1. The Bertz CT molecular complexity index is 491. The van der Waals surface area contributed by atoms with E-state index in [-0.39, 0.29) is 11.8 Å². The van der Waals surface area contributed by atoms with E-state index in [1.807, 2.05) is 0 Å². The molecule has 1 saturated heterocycles. The summed E-state index contributed by atoms with van der Waals surface area (Å²) in [6.07, 6.45) is 6.19. The molecule has 0 atom stereocenters. The Morgan fingerprint density at radius 3 is 2.18 bits per heavy atom. The van der Waals surface area contributed by atoms with Crippen LogP contribution in [-0.2, 0) is 4.79 Å². The first-order chi connectivity index (χ1) is 10.7. The van der Waals surface area contributed by atoms with Gasteiger partial charge in [0.1, 0.15) is 0 Å². The number of carbonyl (C=O) groups is 2. The lowest BCUT2D eigenvalue weighted by Gasteiger charge is -2.23. The lowest BCUT2D eigenvalue weighted by Crippen LogP contribution is -2.35. The van der Waals surface area contributed by atoms with Crippen LogP contribution in [-0.4, -0.2) is 43.4 Å². The molecule has 120 valence electrons. The topological polar surface area (TPSA) is 61.4 Å². The molecule has 0 aromatic heterocycles. The molecule has 0 aliphatic carbocycles. The summed E-state index contributed by atoms with van der Waals surface area (Å²) in [6, 6.07) is 6.95. The number of anilines is 1. The van der Waals surface area contributed by atoms with Gasteiger partial charge in [0, 0.05) is 18.3 Å². The lowest BCUT2D eigenvalue weighted by atomic mass is 10.1. The second-order valence-corrected chi connectivity index (χ2v) is 5.75. The highest BCUT2D eigenvalue weighted by Gasteiger charge is 2.12. The molecule has 0 unspecified atom stereocenters. The van der Waals surface area contributed by atoms with Gasteiger partial charge in [-0.05, 0) is 50.2 Å². The summed E-state index contributed by atoms with van der Waals surface area (Å²) in [5.74, 6) is -0.119. The van der Waals surface area contributed by atoms with Gasteiger partial charge in [-0.2, -0.15) is 0 Å². The quantitative estimate of drug-likeness (QED) is 0.897. The van der Waals surface area contributed by atoms with Gasteiger partial charge in [-0.15, -0.1) is 0 Å². The Morgan fingerprint density at radius 1 is 1.00 bits per heavy atom. The van der Waals surface area contributed by atoms with Crippen LogP contribution in [0.4, 0.5) is 5.69 Å². The van der Waals surface area contributed by atoms with Gasteiger partial charge >= 0.3 is 0 Å². The molecule has 0 radical (unpaired) electrons. The van der Waals surface area contributed by atoms with Gasteiger partial charge in [0.05, 0.1) is 6.54 Å². The van der Waals surface area contributed by atoms with Crippen molar-refractivity contribution in [2.75, 3.05) is 32.0 Å². The van der Waals surface area contributed by atoms with E-state index in [0.717, 1.165) is 18.8 Å². The number of likely N-dealkylation sites (tertiary alicyclic amines) is 1. The minimum atomic E-state index is -0.126. The number of amides is 2. The first-order valence-corrected chi connectivity index (χ1v) is 8.03. The fraction of sp³-hybridized carbons (Fsp3) is 0.529. The molecule has 0 spiro atoms. The number of benzene rings is 1. The monoisotopic (exact) mass is 303 g/mol. The maximum absolute atomic E-state index is 12.1. The molecule has 1 aliphatic rings. The standard InChI is InChI=1S/C17H25N3O2/c1-18-17(22)14-7-9-15(10-8-14)19-16(21)13-20-11-5-3-2-4-6-12-20/h7-10H,2-6,11-13H2,1H3,(H,18,22)(H,19,21). The van der Waals surface area contributed by atoms with Crippen molar-refractivity contribution in [3.63, 3.8) is 0 Å². The first-order valence-electron chi connectivity index (χ1n) is 8.03. The highest BCUT2D eigenvalue weighted by Crippen LogP contribution is 2.12. The van der Waals surface area contributed by atoms with Crippen LogP contribution < -0.4 is 10.6 Å². The van der Waals surface area contributed by atoms with Crippen LogP contribution in [0, 0.1) is 0 Å². The molecule has 5 nitrogen and oxygen atoms in total. The number of carbonyl (C=O) groups excluding carboxylic acids is 2. The van der Waals surface area contributed by atoms with Gasteiger partial charge in [-0.1, -0.05) is 19.3 Å². The third-order valence-electron chi connectivity index (χ3n) is 3.97. The van der Waals surface area contributed by atoms with Crippen LogP contribution in [0.2, 0.25) is 0 Å². The summed E-state index contributed by atoms with van der Waals surface area (Å²) >= 11 is 0. The van der Waals surface area contributed by atoms with E-state index in [1.54, 1.807) is 31.3 Å². The van der Waals surface area contributed by atoms with Crippen LogP contribution in [0.5, 0.6) is 0 Å². The Hall–Kier alpha value is -1.88. The summed E-state index contributed by atoms with van der Waals surface area (Å²) < 4.78 is 0. The second kappa shape index (κ2) is 8.54. The third-order valence-corrected chi connectivity index (χ3v) is 3.97. The largest absolute Gasteiger partial charge is 0.355 e. The molecule has 1 aromatic rings. The Labute approximate surface area is 132 Å². The fourth-order valence-electron chi connectivity index (χ4n) is 2.72. The van der Waals surface area contributed by atoms with E-state index >= 15 is 0 Å². The summed E-state index contributed by atoms with van der Waals surface area (Å²) in [6.45, 7) is 2.45. The maximum Gasteiger partial charge on any atom is 0.251 e. The van der Waals surface area contributed by atoms with Gasteiger partial charge in [-0.3, -0.25) is 14.5 Å². The molecule has 1 aromatic carbocycles. The zero-order valence-corrected chi connectivity index (χ0v) is 13.2. The smallest absolute Gasteiger partial charge is 0.251 e. The molecule has 2 amide bonds. The minimum Gasteiger partial charge on any atom is -0.355 e. The van der Waals surface area contributed by atoms with Crippen molar-refractivity contribution < 1.29 is 9.59 Å². The summed E-state index contributed by atoms with van der Waals surface area (Å²) in [7, 11) is 1.60. The highest BCUT2D eigenvalue weighted by atomic mass is 16.2. The molecular formula is C17H25N3O2. The zero-order valence-electron chi connectivity index (χ0n) is 13.2. The van der Waals surface area contributed by atoms with Crippen LogP contribution >= 0.6 is 0 Å². The van der Waals surface area contributed by atoms with Crippen LogP contribution in [0.25, 0.3) is 0 Å². The predicted octanol–water partition coefficient (Wildman–Crippen LogP) is 2.25. The Kier molecular flexibility index (Phi) is 6.40. The van der Waals surface area contributed by atoms with Crippen molar-refractivity contribution >= 4 is 17.5 Å². The molecule has 0 bridgehead atoms. The molecule has 1 fully saturated rings. The zero-order chi connectivity index (χ0) is 15.8. The summed E-state index contributed by atoms with van der Waals surface area (Å²) in [5, 5.41) is 5.47. The van der Waals surface area contributed by atoms with Gasteiger partial charge in [0.25, 0.3) is 5.91 Å². The fourth-order valence-corrected chi connectivity index (χ4v) is 2.72. The minimum absolute atomic E-state index is 0.00765. The van der Waals surface area contributed by atoms with E-state index in [9.17, 15) is 9.59 Å². The van der Waals surface area contributed by atoms with E-state index in [2.05, 4.69) is 15.5 Å². The van der Waals surface area contributed by atoms with Crippen LogP contribution in [0.1, 0.15) is 42.5 Å². The number of rotatable bonds is 4. The molecule has 22 heavy (non-hydrogen) atoms. The number of hydrogen-bond acceptors (Lipinski definition) is 3. The van der Waals surface area contributed by atoms with Gasteiger partial charge < -0.3 is 10.6 Å². The van der Waals surface area contributed by atoms with Gasteiger partial charge in [-0.25, -0.2) is 0 Å². The number of hydrogen-bond donors (Lipinski definition) is 2. The molecule has 5 heteroatoms. The van der Waals surface area contributed by atoms with Gasteiger partial charge in [0.15, 0.2) is 0 Å². The Balaban J connectivity index is 1.84. The van der Waals surface area contributed by atoms with E-state index in [4.69, 9.17) is 0 Å². The van der Waals surface area contributed by atoms with Crippen molar-refractivity contribution in [2.24, 2.45) is 0 Å². The van der Waals surface area contributed by atoms with E-state index in [0.29, 0.717) is 12.1 Å².